The van der Waals surface area contributed by atoms with Crippen molar-refractivity contribution in [2.75, 3.05) is 46.8 Å². The summed E-state index contributed by atoms with van der Waals surface area (Å²) in [6, 6.07) is 17.5. The molecule has 264 valence electrons. The van der Waals surface area contributed by atoms with Crippen molar-refractivity contribution >= 4 is 46.1 Å². The summed E-state index contributed by atoms with van der Waals surface area (Å²) < 4.78 is 21.9. The minimum atomic E-state index is -0.276. The number of piperidine rings is 1. The number of aromatic nitrogens is 2. The summed E-state index contributed by atoms with van der Waals surface area (Å²) in [5.74, 6) is 1.81. The first-order chi connectivity index (χ1) is 24.2. The van der Waals surface area contributed by atoms with Crippen molar-refractivity contribution in [3.05, 3.63) is 99.4 Å². The lowest BCUT2D eigenvalue weighted by atomic mass is 9.90. The Balaban J connectivity index is 1.24. The van der Waals surface area contributed by atoms with E-state index in [-0.39, 0.29) is 24.0 Å². The number of likely N-dealkylation sites (tertiary alicyclic amines) is 1. The van der Waals surface area contributed by atoms with Crippen LogP contribution >= 0.6 is 23.2 Å². The number of furan rings is 1. The molecule has 2 aromatic heterocycles. The number of hydrogen-bond acceptors (Lipinski definition) is 8. The van der Waals surface area contributed by atoms with Crippen LogP contribution in [0, 0.1) is 0 Å². The van der Waals surface area contributed by atoms with Gasteiger partial charge in [-0.25, -0.2) is 4.98 Å². The molecule has 1 saturated heterocycles. The lowest BCUT2D eigenvalue weighted by Gasteiger charge is -2.45. The van der Waals surface area contributed by atoms with E-state index in [0.29, 0.717) is 32.9 Å². The molecule has 2 atom stereocenters. The number of aromatic amines is 1. The van der Waals surface area contributed by atoms with Crippen LogP contribution in [0.25, 0.3) is 11.0 Å². The van der Waals surface area contributed by atoms with E-state index in [1.165, 1.54) is 0 Å². The molecule has 0 aliphatic carbocycles. The molecular formula is C38H43Cl2N5O5. The number of rotatable bonds is 13. The van der Waals surface area contributed by atoms with Gasteiger partial charge in [0.05, 0.1) is 61.1 Å². The van der Waals surface area contributed by atoms with E-state index in [4.69, 9.17) is 46.8 Å². The standard InChI is InChI=1S/C38H43Cl2N5O5/c1-6-28(24-10-11-29(39)30(40)19-24)36(44(2)37(46)26-20-32(47-3)35(49-5)33(21-26)48-4)45-15-12-27(13-16-45)41-38-42-31-9-7-8-25(34(31)43-38)18-23-14-17-50-22-23/h7-11,14,17,19-22,27-28,36H,6,12-13,15-16,18H2,1-5H3,(H2,41,42,43). The van der Waals surface area contributed by atoms with E-state index in [9.17, 15) is 4.79 Å². The number of anilines is 1. The molecule has 50 heavy (non-hydrogen) atoms. The van der Waals surface area contributed by atoms with Crippen molar-refractivity contribution in [1.82, 2.24) is 19.8 Å². The summed E-state index contributed by atoms with van der Waals surface area (Å²) in [7, 11) is 6.48. The number of nitrogens with one attached hydrogen (secondary N) is 2. The number of para-hydroxylation sites is 1. The molecule has 3 aromatic carbocycles. The van der Waals surface area contributed by atoms with Crippen LogP contribution in [0.15, 0.2) is 71.5 Å². The fourth-order valence-electron chi connectivity index (χ4n) is 7.08. The summed E-state index contributed by atoms with van der Waals surface area (Å²) in [4.78, 5) is 27.0. The average Bonchev–Trinajstić information content (AvgIpc) is 3.81. The first-order valence-electron chi connectivity index (χ1n) is 16.8. The van der Waals surface area contributed by atoms with E-state index >= 15 is 0 Å². The maximum Gasteiger partial charge on any atom is 0.255 e. The number of fused-ring (bicyclic) bond motifs is 1. The number of hydrogen-bond donors (Lipinski definition) is 2. The van der Waals surface area contributed by atoms with Gasteiger partial charge in [-0.1, -0.05) is 48.3 Å². The molecule has 0 saturated carbocycles. The highest BCUT2D eigenvalue weighted by Crippen LogP contribution is 2.40. The van der Waals surface area contributed by atoms with Gasteiger partial charge in [-0.05, 0) is 72.4 Å². The van der Waals surface area contributed by atoms with Crippen molar-refractivity contribution < 1.29 is 23.4 Å². The van der Waals surface area contributed by atoms with E-state index in [0.717, 1.165) is 72.4 Å². The second kappa shape index (κ2) is 15.7. The number of ether oxygens (including phenoxy) is 3. The molecule has 10 nitrogen and oxygen atoms in total. The van der Waals surface area contributed by atoms with Crippen molar-refractivity contribution in [3.8, 4) is 17.2 Å². The Morgan fingerprint density at radius 3 is 2.40 bits per heavy atom. The van der Waals surface area contributed by atoms with E-state index in [1.807, 2.05) is 48.3 Å². The molecule has 12 heteroatoms. The number of nitrogens with zero attached hydrogens (tertiary/aromatic N) is 3. The fourth-order valence-corrected chi connectivity index (χ4v) is 7.38. The maximum absolute atomic E-state index is 14.3. The maximum atomic E-state index is 14.3. The minimum absolute atomic E-state index is 0.0470. The van der Waals surface area contributed by atoms with Crippen molar-refractivity contribution in [2.45, 2.75) is 50.7 Å². The lowest BCUT2D eigenvalue weighted by molar-refractivity contribution is 0.0200. The highest BCUT2D eigenvalue weighted by atomic mass is 35.5. The first kappa shape index (κ1) is 35.4. The minimum Gasteiger partial charge on any atom is -0.493 e. The average molecular weight is 721 g/mol. The van der Waals surface area contributed by atoms with Gasteiger partial charge >= 0.3 is 0 Å². The third-order valence-corrected chi connectivity index (χ3v) is 10.4. The number of imidazole rings is 1. The summed E-state index contributed by atoms with van der Waals surface area (Å²) in [6.07, 6.45) is 6.43. The molecule has 1 fully saturated rings. The number of carbonyl (C=O) groups excluding carboxylic acids is 1. The van der Waals surface area contributed by atoms with Gasteiger partial charge in [0.25, 0.3) is 5.91 Å². The first-order valence-corrected chi connectivity index (χ1v) is 17.5. The summed E-state index contributed by atoms with van der Waals surface area (Å²) in [6.45, 7) is 3.66. The zero-order valence-corrected chi connectivity index (χ0v) is 30.5. The molecule has 2 unspecified atom stereocenters. The van der Waals surface area contributed by atoms with E-state index in [1.54, 1.807) is 46.0 Å². The molecular weight excluding hydrogens is 677 g/mol. The Hall–Kier alpha value is -4.38. The third kappa shape index (κ3) is 7.38. The Kier molecular flexibility index (Phi) is 11.1. The number of amides is 1. The number of H-pyrrole nitrogens is 1. The van der Waals surface area contributed by atoms with Crippen LogP contribution in [-0.4, -0.2) is 79.3 Å². The van der Waals surface area contributed by atoms with Gasteiger partial charge in [0.15, 0.2) is 11.5 Å². The highest BCUT2D eigenvalue weighted by molar-refractivity contribution is 6.42. The van der Waals surface area contributed by atoms with Gasteiger partial charge in [-0.2, -0.15) is 0 Å². The number of benzene rings is 3. The van der Waals surface area contributed by atoms with Crippen LogP contribution in [0.5, 0.6) is 17.2 Å². The quantitative estimate of drug-likeness (QED) is 0.125. The monoisotopic (exact) mass is 719 g/mol. The van der Waals surface area contributed by atoms with Crippen molar-refractivity contribution in [2.24, 2.45) is 0 Å². The highest BCUT2D eigenvalue weighted by Gasteiger charge is 2.37. The normalized spacial score (nSPS) is 15.1. The topological polar surface area (TPSA) is 105 Å². The van der Waals surface area contributed by atoms with Gasteiger partial charge in [0.1, 0.15) is 0 Å². The van der Waals surface area contributed by atoms with Gasteiger partial charge in [0.2, 0.25) is 11.7 Å². The molecule has 5 aromatic rings. The number of methoxy groups -OCH3 is 3. The van der Waals surface area contributed by atoms with Gasteiger partial charge in [0, 0.05) is 44.1 Å². The number of halogens is 2. The molecule has 1 amide bonds. The molecule has 1 aliphatic heterocycles. The smallest absolute Gasteiger partial charge is 0.255 e. The second-order valence-corrected chi connectivity index (χ2v) is 13.4. The summed E-state index contributed by atoms with van der Waals surface area (Å²) >= 11 is 12.8. The predicted octanol–water partition coefficient (Wildman–Crippen LogP) is 8.25. The van der Waals surface area contributed by atoms with Gasteiger partial charge in [-0.15, -0.1) is 0 Å². The molecule has 3 heterocycles. The Morgan fingerprint density at radius 2 is 1.78 bits per heavy atom. The SMILES string of the molecule is CCC(c1ccc(Cl)c(Cl)c1)C(N1CCC(Nc2nc3c(Cc4ccoc4)cccc3[nH]2)CC1)N(C)C(=O)c1cc(OC)c(OC)c(OC)c1. The van der Waals surface area contributed by atoms with E-state index < -0.39 is 0 Å². The molecule has 0 radical (unpaired) electrons. The van der Waals surface area contributed by atoms with Crippen LogP contribution in [0.2, 0.25) is 10.0 Å². The number of carbonyl (C=O) groups is 1. The van der Waals surface area contributed by atoms with Crippen LogP contribution < -0.4 is 19.5 Å². The van der Waals surface area contributed by atoms with Gasteiger partial charge < -0.3 is 33.8 Å². The summed E-state index contributed by atoms with van der Waals surface area (Å²) in [5.41, 5.74) is 5.64. The van der Waals surface area contributed by atoms with Gasteiger partial charge in [-0.3, -0.25) is 9.69 Å². The zero-order valence-electron chi connectivity index (χ0n) is 29.0. The lowest BCUT2D eigenvalue weighted by Crippen LogP contribution is -2.55. The molecule has 0 bridgehead atoms. The molecule has 1 aliphatic rings. The molecule has 0 spiro atoms. The van der Waals surface area contributed by atoms with E-state index in [2.05, 4.69) is 28.2 Å². The molecule has 2 N–H and O–H groups in total. The number of likely N-dealkylation sites (N-methyl/N-ethyl adjacent to an activating group) is 1. The second-order valence-electron chi connectivity index (χ2n) is 12.6. The van der Waals surface area contributed by atoms with Crippen LogP contribution in [0.1, 0.15) is 59.2 Å². The fraction of sp³-hybridized carbons (Fsp3) is 0.368. The third-order valence-electron chi connectivity index (χ3n) is 9.62. The van der Waals surface area contributed by atoms with Crippen LogP contribution in [0.3, 0.4) is 0 Å². The van der Waals surface area contributed by atoms with Crippen LogP contribution in [0.4, 0.5) is 5.95 Å². The zero-order chi connectivity index (χ0) is 35.4. The van der Waals surface area contributed by atoms with Crippen LogP contribution in [-0.2, 0) is 6.42 Å². The largest absolute Gasteiger partial charge is 0.493 e. The molecule has 6 rings (SSSR count). The van der Waals surface area contributed by atoms with Crippen molar-refractivity contribution in [1.29, 1.82) is 0 Å². The Morgan fingerprint density at radius 1 is 1.04 bits per heavy atom. The predicted molar refractivity (Wildman–Crippen MR) is 197 cm³/mol. The Labute approximate surface area is 302 Å². The summed E-state index contributed by atoms with van der Waals surface area (Å²) in [5, 5.41) is 4.64. The van der Waals surface area contributed by atoms with Crippen molar-refractivity contribution in [3.63, 3.8) is 0 Å². The Bertz CT molecular complexity index is 1900.